The second kappa shape index (κ2) is 8.72. The Morgan fingerprint density at radius 2 is 2.03 bits per heavy atom. The fourth-order valence-electron chi connectivity index (χ4n) is 4.10. The minimum Gasteiger partial charge on any atom is -0.376 e. The second-order valence-corrected chi connectivity index (χ2v) is 11.3. The van der Waals surface area contributed by atoms with E-state index in [1.54, 1.807) is 11.3 Å². The van der Waals surface area contributed by atoms with Crippen LogP contribution in [-0.2, 0) is 11.3 Å². The second-order valence-electron chi connectivity index (χ2n) is 7.89. The predicted octanol–water partition coefficient (Wildman–Crippen LogP) is 5.55. The number of ether oxygens (including phenoxy) is 1. The molecule has 0 radical (unpaired) electrons. The Kier molecular flexibility index (Phi) is 6.22. The molecule has 1 aromatic carbocycles. The number of amides is 1. The zero-order valence-corrected chi connectivity index (χ0v) is 18.7. The predicted molar refractivity (Wildman–Crippen MR) is 125 cm³/mol. The first-order valence-corrected chi connectivity index (χ1v) is 13.0. The molecule has 30 heavy (non-hydrogen) atoms. The number of benzene rings is 1. The Labute approximate surface area is 181 Å². The van der Waals surface area contributed by atoms with Crippen LogP contribution < -0.4 is 5.73 Å². The molecule has 1 aliphatic rings. The standard InChI is InChI=1S/C22H28N2O4S2/c1-2-5-28-12-17-8-16(13-29-17)15-9-18-20(14-3-6-30(26,27)7-4-14)11-24-21(18)19(10-15)22(23)25/h8-11,13-14,24,26-27H,2-7,12H2,1H3,(H2,23,25). The third-order valence-electron chi connectivity index (χ3n) is 5.69. The van der Waals surface area contributed by atoms with E-state index >= 15 is 0 Å². The minimum atomic E-state index is -2.43. The molecule has 3 aromatic rings. The summed E-state index contributed by atoms with van der Waals surface area (Å²) in [5, 5.41) is 3.07. The number of thiophene rings is 1. The molecule has 1 fully saturated rings. The van der Waals surface area contributed by atoms with Crippen LogP contribution in [0.4, 0.5) is 0 Å². The molecule has 1 saturated heterocycles. The molecule has 2 aromatic heterocycles. The van der Waals surface area contributed by atoms with Crippen LogP contribution in [0.1, 0.15) is 52.9 Å². The Morgan fingerprint density at radius 1 is 1.27 bits per heavy atom. The van der Waals surface area contributed by atoms with Crippen molar-refractivity contribution in [1.29, 1.82) is 0 Å². The van der Waals surface area contributed by atoms with Gasteiger partial charge in [0.1, 0.15) is 0 Å². The van der Waals surface area contributed by atoms with Crippen molar-refractivity contribution in [2.45, 2.75) is 38.7 Å². The van der Waals surface area contributed by atoms with E-state index in [0.29, 0.717) is 23.7 Å². The Morgan fingerprint density at radius 3 is 2.73 bits per heavy atom. The fraction of sp³-hybridized carbons (Fsp3) is 0.409. The lowest BCUT2D eigenvalue weighted by atomic mass is 9.91. The molecule has 8 heteroatoms. The number of H-pyrrole nitrogens is 1. The molecule has 0 spiro atoms. The number of hydrogen-bond donors (Lipinski definition) is 4. The van der Waals surface area contributed by atoms with Gasteiger partial charge in [-0.2, -0.15) is 10.6 Å². The van der Waals surface area contributed by atoms with Gasteiger partial charge in [0.2, 0.25) is 0 Å². The smallest absolute Gasteiger partial charge is 0.250 e. The number of aromatic amines is 1. The molecule has 1 aliphatic heterocycles. The number of fused-ring (bicyclic) bond motifs is 1. The highest BCUT2D eigenvalue weighted by Crippen LogP contribution is 2.49. The molecule has 0 bridgehead atoms. The highest BCUT2D eigenvalue weighted by molar-refractivity contribution is 8.24. The quantitative estimate of drug-likeness (QED) is 0.355. The van der Waals surface area contributed by atoms with Crippen LogP contribution in [-0.4, -0.2) is 38.1 Å². The van der Waals surface area contributed by atoms with Gasteiger partial charge in [-0.3, -0.25) is 13.9 Å². The summed E-state index contributed by atoms with van der Waals surface area (Å²) >= 11 is 1.65. The maximum Gasteiger partial charge on any atom is 0.250 e. The van der Waals surface area contributed by atoms with Crippen molar-refractivity contribution < 1.29 is 18.6 Å². The number of aromatic nitrogens is 1. The highest BCUT2D eigenvalue weighted by atomic mass is 32.3. The van der Waals surface area contributed by atoms with Gasteiger partial charge in [0.05, 0.1) is 17.7 Å². The monoisotopic (exact) mass is 448 g/mol. The first kappa shape index (κ1) is 21.4. The molecule has 0 aliphatic carbocycles. The molecule has 0 atom stereocenters. The van der Waals surface area contributed by atoms with Crippen molar-refractivity contribution in [2.75, 3.05) is 18.1 Å². The normalized spacial score (nSPS) is 18.0. The highest BCUT2D eigenvalue weighted by Gasteiger charge is 2.27. The molecular formula is C22H28N2O4S2. The van der Waals surface area contributed by atoms with E-state index in [1.165, 1.54) is 0 Å². The Balaban J connectivity index is 1.70. The largest absolute Gasteiger partial charge is 0.376 e. The number of nitrogens with two attached hydrogens (primary N) is 1. The maximum atomic E-state index is 12.2. The van der Waals surface area contributed by atoms with Crippen molar-refractivity contribution in [3.05, 3.63) is 45.8 Å². The number of hydrogen-bond acceptors (Lipinski definition) is 5. The zero-order chi connectivity index (χ0) is 21.3. The van der Waals surface area contributed by atoms with Crippen LogP contribution in [0.25, 0.3) is 22.0 Å². The summed E-state index contributed by atoms with van der Waals surface area (Å²) in [7, 11) is -2.43. The van der Waals surface area contributed by atoms with Gasteiger partial charge in [-0.05, 0) is 65.4 Å². The van der Waals surface area contributed by atoms with E-state index in [4.69, 9.17) is 10.5 Å². The Bertz CT molecular complexity index is 1050. The molecule has 1 amide bonds. The lowest BCUT2D eigenvalue weighted by Crippen LogP contribution is -2.19. The van der Waals surface area contributed by atoms with Crippen molar-refractivity contribution in [3.8, 4) is 11.1 Å². The first-order valence-electron chi connectivity index (χ1n) is 10.2. The summed E-state index contributed by atoms with van der Waals surface area (Å²) in [4.78, 5) is 16.6. The van der Waals surface area contributed by atoms with Crippen LogP contribution in [0.3, 0.4) is 0 Å². The number of nitrogens with one attached hydrogen (secondary N) is 1. The first-order chi connectivity index (χ1) is 14.4. The van der Waals surface area contributed by atoms with Crippen LogP contribution >= 0.6 is 21.9 Å². The number of carbonyl (C=O) groups excluding carboxylic acids is 1. The molecule has 0 saturated carbocycles. The van der Waals surface area contributed by atoms with E-state index < -0.39 is 16.5 Å². The van der Waals surface area contributed by atoms with Crippen LogP contribution in [0.5, 0.6) is 0 Å². The fourth-order valence-corrected chi connectivity index (χ4v) is 6.45. The molecule has 6 nitrogen and oxygen atoms in total. The lowest BCUT2D eigenvalue weighted by molar-refractivity contribution is 0.100. The SMILES string of the molecule is CCCOCc1cc(-c2cc(C(N)=O)c3[nH]cc(C4CCS(O)(O)CC4)c3c2)cs1. The van der Waals surface area contributed by atoms with Gasteiger partial charge in [-0.15, -0.1) is 11.3 Å². The van der Waals surface area contributed by atoms with Gasteiger partial charge in [0, 0.05) is 34.6 Å². The van der Waals surface area contributed by atoms with Crippen LogP contribution in [0, 0.1) is 0 Å². The summed E-state index contributed by atoms with van der Waals surface area (Å²) in [6.07, 6.45) is 4.38. The summed E-state index contributed by atoms with van der Waals surface area (Å²) < 4.78 is 25.6. The summed E-state index contributed by atoms with van der Waals surface area (Å²) in [5.41, 5.74) is 10.0. The van der Waals surface area contributed by atoms with Crippen molar-refractivity contribution >= 4 is 38.7 Å². The van der Waals surface area contributed by atoms with Crippen LogP contribution in [0.2, 0.25) is 0 Å². The third-order valence-corrected chi connectivity index (χ3v) is 8.38. The number of rotatable bonds is 7. The molecule has 4 rings (SSSR count). The third kappa shape index (κ3) is 4.43. The zero-order valence-electron chi connectivity index (χ0n) is 17.0. The van der Waals surface area contributed by atoms with E-state index in [2.05, 4.69) is 29.4 Å². The van der Waals surface area contributed by atoms with Gasteiger partial charge >= 0.3 is 0 Å². The van der Waals surface area contributed by atoms with Crippen molar-refractivity contribution in [1.82, 2.24) is 4.98 Å². The van der Waals surface area contributed by atoms with Crippen molar-refractivity contribution in [3.63, 3.8) is 0 Å². The molecular weight excluding hydrogens is 420 g/mol. The average molecular weight is 449 g/mol. The van der Waals surface area contributed by atoms with Gasteiger partial charge in [-0.1, -0.05) is 6.92 Å². The van der Waals surface area contributed by atoms with Crippen LogP contribution in [0.15, 0.2) is 29.8 Å². The van der Waals surface area contributed by atoms with Gasteiger partial charge < -0.3 is 15.5 Å². The van der Waals surface area contributed by atoms with E-state index in [0.717, 1.165) is 58.3 Å². The summed E-state index contributed by atoms with van der Waals surface area (Å²) in [6, 6.07) is 6.06. The van der Waals surface area contributed by atoms with Gasteiger partial charge in [0.25, 0.3) is 5.91 Å². The number of carbonyl (C=O) groups is 1. The molecule has 5 N–H and O–H groups in total. The lowest BCUT2D eigenvalue weighted by Gasteiger charge is -2.39. The van der Waals surface area contributed by atoms with Gasteiger partial charge in [-0.25, -0.2) is 0 Å². The molecule has 162 valence electrons. The van der Waals surface area contributed by atoms with Crippen molar-refractivity contribution in [2.24, 2.45) is 5.73 Å². The van der Waals surface area contributed by atoms with Gasteiger partial charge in [0.15, 0.2) is 0 Å². The maximum absolute atomic E-state index is 12.2. The van der Waals surface area contributed by atoms with E-state index in [9.17, 15) is 13.9 Å². The Hall–Kier alpha value is -1.84. The summed E-state index contributed by atoms with van der Waals surface area (Å²) in [6.45, 7) is 3.42. The number of primary amides is 1. The average Bonchev–Trinajstić information content (AvgIpc) is 3.34. The minimum absolute atomic E-state index is 0.232. The topological polar surface area (TPSA) is 109 Å². The molecule has 3 heterocycles. The molecule has 0 unspecified atom stereocenters. The van der Waals surface area contributed by atoms with E-state index in [1.807, 2.05) is 12.3 Å². The van der Waals surface area contributed by atoms with E-state index in [-0.39, 0.29) is 5.92 Å². The summed E-state index contributed by atoms with van der Waals surface area (Å²) in [5.74, 6) is 0.626.